The van der Waals surface area contributed by atoms with Crippen molar-refractivity contribution in [3.05, 3.63) is 84.6 Å². The molecule has 27 heavy (non-hydrogen) atoms. The Labute approximate surface area is 154 Å². The predicted octanol–water partition coefficient (Wildman–Crippen LogP) is 3.75. The van der Waals surface area contributed by atoms with Gasteiger partial charge in [0, 0.05) is 6.20 Å². The van der Waals surface area contributed by atoms with E-state index in [0.717, 1.165) is 39.0 Å². The molecule has 5 heteroatoms. The SMILES string of the molecule is FC(F)(F)c1ccc2c(c1)B(c1cccc3ccccc13)c1cccnc1-2. The van der Waals surface area contributed by atoms with Crippen molar-refractivity contribution in [1.29, 1.82) is 0 Å². The largest absolute Gasteiger partial charge is 0.416 e. The Hall–Kier alpha value is -3.08. The minimum atomic E-state index is -4.37. The second kappa shape index (κ2) is 5.71. The number of rotatable bonds is 1. The van der Waals surface area contributed by atoms with Gasteiger partial charge in [-0.2, -0.15) is 13.2 Å². The summed E-state index contributed by atoms with van der Waals surface area (Å²) in [5.41, 5.74) is 3.52. The fourth-order valence-corrected chi connectivity index (χ4v) is 4.07. The van der Waals surface area contributed by atoms with E-state index in [1.807, 2.05) is 54.6 Å². The monoisotopic (exact) mass is 359 g/mol. The summed E-state index contributed by atoms with van der Waals surface area (Å²) in [6.07, 6.45) is -2.69. The molecule has 1 aliphatic heterocycles. The van der Waals surface area contributed by atoms with E-state index < -0.39 is 11.7 Å². The Morgan fingerprint density at radius 2 is 1.52 bits per heavy atom. The highest BCUT2D eigenvalue weighted by Gasteiger charge is 2.38. The maximum atomic E-state index is 13.4. The zero-order chi connectivity index (χ0) is 18.6. The summed E-state index contributed by atoms with van der Waals surface area (Å²) in [7, 11) is 0. The highest BCUT2D eigenvalue weighted by atomic mass is 19.4. The molecule has 0 radical (unpaired) electrons. The number of hydrogen-bond donors (Lipinski definition) is 0. The topological polar surface area (TPSA) is 12.9 Å². The highest BCUT2D eigenvalue weighted by molar-refractivity contribution is 7.00. The van der Waals surface area contributed by atoms with Gasteiger partial charge in [-0.1, -0.05) is 71.6 Å². The van der Waals surface area contributed by atoms with Crippen molar-refractivity contribution in [3.63, 3.8) is 0 Å². The second-order valence-electron chi connectivity index (χ2n) is 6.74. The number of fused-ring (bicyclic) bond motifs is 4. The minimum absolute atomic E-state index is 0.267. The van der Waals surface area contributed by atoms with E-state index in [-0.39, 0.29) is 6.71 Å². The number of halogens is 3. The van der Waals surface area contributed by atoms with Crippen LogP contribution in [0.1, 0.15) is 5.56 Å². The van der Waals surface area contributed by atoms with Gasteiger partial charge in [0.25, 0.3) is 0 Å². The molecule has 1 nitrogen and oxygen atoms in total. The van der Waals surface area contributed by atoms with Crippen LogP contribution in [0.4, 0.5) is 13.2 Å². The van der Waals surface area contributed by atoms with E-state index in [9.17, 15) is 13.2 Å². The molecule has 0 unspecified atom stereocenters. The molecule has 0 atom stereocenters. The normalized spacial score (nSPS) is 12.9. The van der Waals surface area contributed by atoms with Gasteiger partial charge >= 0.3 is 6.18 Å². The van der Waals surface area contributed by atoms with Crippen LogP contribution in [0.5, 0.6) is 0 Å². The molecule has 0 fully saturated rings. The van der Waals surface area contributed by atoms with Gasteiger partial charge in [-0.25, -0.2) is 0 Å². The van der Waals surface area contributed by atoms with Crippen LogP contribution in [-0.4, -0.2) is 11.7 Å². The summed E-state index contributed by atoms with van der Waals surface area (Å²) in [6, 6.07) is 21.7. The number of aromatic nitrogens is 1. The second-order valence-corrected chi connectivity index (χ2v) is 6.74. The molecule has 5 rings (SSSR count). The molecular formula is C22H13BF3N. The molecule has 3 aromatic carbocycles. The van der Waals surface area contributed by atoms with Crippen molar-refractivity contribution in [2.75, 3.05) is 0 Å². The van der Waals surface area contributed by atoms with E-state index in [1.54, 1.807) is 12.3 Å². The van der Waals surface area contributed by atoms with Gasteiger partial charge in [0.2, 0.25) is 6.71 Å². The summed E-state index contributed by atoms with van der Waals surface area (Å²) < 4.78 is 40.1. The van der Waals surface area contributed by atoms with Crippen molar-refractivity contribution < 1.29 is 13.2 Å². The van der Waals surface area contributed by atoms with Crippen molar-refractivity contribution in [1.82, 2.24) is 4.98 Å². The third-order valence-corrected chi connectivity index (χ3v) is 5.23. The van der Waals surface area contributed by atoms with Gasteiger partial charge in [0.1, 0.15) is 0 Å². The van der Waals surface area contributed by atoms with Crippen LogP contribution >= 0.6 is 0 Å². The third kappa shape index (κ3) is 2.46. The first-order chi connectivity index (χ1) is 13.0. The summed E-state index contributed by atoms with van der Waals surface area (Å²) >= 11 is 0. The maximum absolute atomic E-state index is 13.4. The van der Waals surface area contributed by atoms with Gasteiger partial charge < -0.3 is 0 Å². The van der Waals surface area contributed by atoms with E-state index in [0.29, 0.717) is 5.46 Å². The Kier molecular flexibility index (Phi) is 3.41. The van der Waals surface area contributed by atoms with Gasteiger partial charge in [-0.3, -0.25) is 4.98 Å². The number of hydrogen-bond acceptors (Lipinski definition) is 1. The fraction of sp³-hybridized carbons (Fsp3) is 0.0455. The number of benzene rings is 3. The van der Waals surface area contributed by atoms with Crippen LogP contribution in [-0.2, 0) is 6.18 Å². The Morgan fingerprint density at radius 3 is 2.37 bits per heavy atom. The number of alkyl halides is 3. The molecule has 4 aromatic rings. The lowest BCUT2D eigenvalue weighted by atomic mass is 9.38. The highest BCUT2D eigenvalue weighted by Crippen LogP contribution is 2.31. The minimum Gasteiger partial charge on any atom is -0.257 e. The van der Waals surface area contributed by atoms with Crippen LogP contribution < -0.4 is 16.4 Å². The Morgan fingerprint density at radius 1 is 0.741 bits per heavy atom. The Balaban J connectivity index is 1.82. The molecule has 0 saturated heterocycles. The average Bonchev–Trinajstić information content (AvgIpc) is 3.00. The number of pyridine rings is 1. The Bertz CT molecular complexity index is 1180. The standard InChI is InChI=1S/C22H13BF3N/c24-22(25,26)15-10-11-17-20(13-15)23(19-9-4-12-27-21(17)19)18-8-3-6-14-5-1-2-7-16(14)18/h1-13H. The molecule has 1 aromatic heterocycles. The molecule has 0 amide bonds. The van der Waals surface area contributed by atoms with Crippen LogP contribution in [0.25, 0.3) is 22.0 Å². The lowest BCUT2D eigenvalue weighted by Crippen LogP contribution is -2.49. The summed E-state index contributed by atoms with van der Waals surface area (Å²) in [5.74, 6) is 0. The fourth-order valence-electron chi connectivity index (χ4n) is 4.07. The van der Waals surface area contributed by atoms with Gasteiger partial charge in [0.15, 0.2) is 0 Å². The van der Waals surface area contributed by atoms with Gasteiger partial charge in [0.05, 0.1) is 11.3 Å². The molecule has 2 heterocycles. The zero-order valence-electron chi connectivity index (χ0n) is 14.2. The van der Waals surface area contributed by atoms with Crippen molar-refractivity contribution in [3.8, 4) is 11.3 Å². The third-order valence-electron chi connectivity index (χ3n) is 5.23. The summed E-state index contributed by atoms with van der Waals surface area (Å²) in [5, 5.41) is 2.12. The van der Waals surface area contributed by atoms with E-state index >= 15 is 0 Å². The van der Waals surface area contributed by atoms with Crippen LogP contribution in [0.2, 0.25) is 0 Å². The van der Waals surface area contributed by atoms with Gasteiger partial charge in [-0.05, 0) is 33.9 Å². The molecule has 0 bridgehead atoms. The van der Waals surface area contributed by atoms with Crippen LogP contribution in [0.3, 0.4) is 0 Å². The van der Waals surface area contributed by atoms with E-state index in [4.69, 9.17) is 0 Å². The quantitative estimate of drug-likeness (QED) is 0.416. The van der Waals surface area contributed by atoms with Crippen molar-refractivity contribution in [2.45, 2.75) is 6.18 Å². The van der Waals surface area contributed by atoms with E-state index in [2.05, 4.69) is 4.98 Å². The van der Waals surface area contributed by atoms with Crippen LogP contribution in [0.15, 0.2) is 79.0 Å². The molecule has 0 N–H and O–H groups in total. The predicted molar refractivity (Wildman–Crippen MR) is 103 cm³/mol. The summed E-state index contributed by atoms with van der Waals surface area (Å²) in [6.45, 7) is -0.267. The molecule has 0 saturated carbocycles. The first kappa shape index (κ1) is 16.1. The van der Waals surface area contributed by atoms with Crippen LogP contribution in [0, 0.1) is 0 Å². The smallest absolute Gasteiger partial charge is 0.257 e. The van der Waals surface area contributed by atoms with Crippen molar-refractivity contribution >= 4 is 33.9 Å². The first-order valence-corrected chi connectivity index (χ1v) is 8.68. The lowest BCUT2D eigenvalue weighted by Gasteiger charge is -2.15. The molecule has 1 aliphatic rings. The molecule has 0 aliphatic carbocycles. The maximum Gasteiger partial charge on any atom is 0.416 e. The van der Waals surface area contributed by atoms with E-state index in [1.165, 1.54) is 6.07 Å². The van der Waals surface area contributed by atoms with Gasteiger partial charge in [-0.15, -0.1) is 0 Å². The lowest BCUT2D eigenvalue weighted by molar-refractivity contribution is -0.137. The first-order valence-electron chi connectivity index (χ1n) is 8.68. The zero-order valence-corrected chi connectivity index (χ0v) is 14.2. The molecular weight excluding hydrogens is 346 g/mol. The number of nitrogens with zero attached hydrogens (tertiary/aromatic N) is 1. The molecule has 0 spiro atoms. The summed E-state index contributed by atoms with van der Waals surface area (Å²) in [4.78, 5) is 4.47. The average molecular weight is 359 g/mol. The molecule has 130 valence electrons. The van der Waals surface area contributed by atoms with Crippen molar-refractivity contribution in [2.24, 2.45) is 0 Å².